The molecule has 2 aromatic carbocycles. The molecule has 0 atom stereocenters. The molecule has 1 fully saturated rings. The first-order valence-corrected chi connectivity index (χ1v) is 11.9. The first-order valence-electron chi connectivity index (χ1n) is 9.24. The fourth-order valence-electron chi connectivity index (χ4n) is 3.34. The van der Waals surface area contributed by atoms with Crippen LogP contribution in [0.2, 0.25) is 5.02 Å². The number of nitrogens with zero attached hydrogens (tertiary/aromatic N) is 2. The average Bonchev–Trinajstić information content (AvgIpc) is 3.21. The van der Waals surface area contributed by atoms with Gasteiger partial charge in [0.2, 0.25) is 10.0 Å². The Labute approximate surface area is 186 Å². The van der Waals surface area contributed by atoms with Gasteiger partial charge < -0.3 is 10.1 Å². The summed E-state index contributed by atoms with van der Waals surface area (Å²) in [6.45, 7) is 0.480. The summed E-state index contributed by atoms with van der Waals surface area (Å²) in [6, 6.07) is 9.37. The minimum atomic E-state index is -3.81. The zero-order valence-electron chi connectivity index (χ0n) is 15.6. The van der Waals surface area contributed by atoms with Crippen LogP contribution in [0.25, 0.3) is 22.6 Å². The van der Waals surface area contributed by atoms with Crippen molar-refractivity contribution in [3.63, 3.8) is 0 Å². The Morgan fingerprint density at radius 1 is 1.17 bits per heavy atom. The molecule has 1 saturated heterocycles. The smallest absolute Gasteiger partial charge is 0.244 e. The van der Waals surface area contributed by atoms with Gasteiger partial charge in [-0.2, -0.15) is 4.31 Å². The number of aliphatic hydroxyl groups is 1. The van der Waals surface area contributed by atoms with Crippen molar-refractivity contribution in [2.75, 3.05) is 13.1 Å². The van der Waals surface area contributed by atoms with E-state index < -0.39 is 21.9 Å². The molecular weight excluding hydrogens is 497 g/mol. The quantitative estimate of drug-likeness (QED) is 0.539. The molecule has 10 heteroatoms. The van der Waals surface area contributed by atoms with Gasteiger partial charge in [0.1, 0.15) is 16.5 Å². The summed E-state index contributed by atoms with van der Waals surface area (Å²) in [7, 11) is -3.81. The molecule has 2 N–H and O–H groups in total. The molecule has 158 valence electrons. The van der Waals surface area contributed by atoms with E-state index in [2.05, 4.69) is 25.9 Å². The topological polar surface area (TPSA) is 86.3 Å². The maximum absolute atomic E-state index is 13.8. The first-order chi connectivity index (χ1) is 14.3. The molecule has 0 amide bonds. The number of rotatable bonds is 4. The Balaban J connectivity index is 1.67. The van der Waals surface area contributed by atoms with E-state index in [0.717, 1.165) is 0 Å². The van der Waals surface area contributed by atoms with Crippen LogP contribution >= 0.6 is 27.5 Å². The highest BCUT2D eigenvalue weighted by Crippen LogP contribution is 2.32. The van der Waals surface area contributed by atoms with Gasteiger partial charge in [0, 0.05) is 30.4 Å². The Bertz CT molecular complexity index is 1190. The summed E-state index contributed by atoms with van der Waals surface area (Å²) in [5, 5.41) is 9.77. The van der Waals surface area contributed by atoms with Crippen molar-refractivity contribution in [1.82, 2.24) is 14.3 Å². The third-order valence-corrected chi connectivity index (χ3v) is 8.06. The third-order valence-electron chi connectivity index (χ3n) is 5.04. The Kier molecular flexibility index (Phi) is 6.00. The van der Waals surface area contributed by atoms with Crippen molar-refractivity contribution < 1.29 is 17.9 Å². The lowest BCUT2D eigenvalue weighted by Crippen LogP contribution is -2.40. The molecule has 1 aromatic heterocycles. The molecule has 2 heterocycles. The highest BCUT2D eigenvalue weighted by molar-refractivity contribution is 9.10. The lowest BCUT2D eigenvalue weighted by atomic mass is 10.1. The summed E-state index contributed by atoms with van der Waals surface area (Å²) in [5.74, 6) is 0.0408. The van der Waals surface area contributed by atoms with Crippen LogP contribution in [0.1, 0.15) is 12.8 Å². The lowest BCUT2D eigenvalue weighted by Gasteiger charge is -2.29. The predicted molar refractivity (Wildman–Crippen MR) is 116 cm³/mol. The van der Waals surface area contributed by atoms with Gasteiger partial charge in [-0.05, 0) is 59.1 Å². The van der Waals surface area contributed by atoms with Gasteiger partial charge in [0.15, 0.2) is 0 Å². The minimum absolute atomic E-state index is 0.00862. The van der Waals surface area contributed by atoms with Crippen molar-refractivity contribution in [1.29, 1.82) is 0 Å². The molecule has 1 aliphatic rings. The van der Waals surface area contributed by atoms with Crippen LogP contribution in [-0.4, -0.2) is 47.0 Å². The van der Waals surface area contributed by atoms with Crippen molar-refractivity contribution in [2.45, 2.75) is 23.8 Å². The maximum atomic E-state index is 13.8. The van der Waals surface area contributed by atoms with Crippen molar-refractivity contribution >= 4 is 37.6 Å². The van der Waals surface area contributed by atoms with Gasteiger partial charge in [-0.1, -0.05) is 17.7 Å². The Hall–Kier alpha value is -1.78. The number of hydrogen-bond donors (Lipinski definition) is 2. The molecular formula is C20H18BrClFN3O3S. The fraction of sp³-hybridized carbons (Fsp3) is 0.250. The number of sulfonamides is 1. The number of benzene rings is 2. The van der Waals surface area contributed by atoms with Crippen LogP contribution in [0, 0.1) is 5.82 Å². The molecule has 0 spiro atoms. The summed E-state index contributed by atoms with van der Waals surface area (Å²) >= 11 is 9.34. The van der Waals surface area contributed by atoms with Crippen LogP contribution in [-0.2, 0) is 10.0 Å². The summed E-state index contributed by atoms with van der Waals surface area (Å²) in [5.41, 5.74) is 1.66. The van der Waals surface area contributed by atoms with Crippen molar-refractivity contribution in [3.8, 4) is 22.6 Å². The molecule has 30 heavy (non-hydrogen) atoms. The van der Waals surface area contributed by atoms with Crippen LogP contribution < -0.4 is 0 Å². The maximum Gasteiger partial charge on any atom is 0.244 e. The van der Waals surface area contributed by atoms with Gasteiger partial charge in [-0.25, -0.2) is 17.8 Å². The Morgan fingerprint density at radius 3 is 2.57 bits per heavy atom. The Morgan fingerprint density at radius 2 is 1.87 bits per heavy atom. The van der Waals surface area contributed by atoms with E-state index in [0.29, 0.717) is 40.0 Å². The molecule has 0 saturated carbocycles. The monoisotopic (exact) mass is 513 g/mol. The van der Waals surface area contributed by atoms with Crippen LogP contribution in [0.3, 0.4) is 0 Å². The average molecular weight is 515 g/mol. The molecule has 0 bridgehead atoms. The molecule has 6 nitrogen and oxygen atoms in total. The number of hydrogen-bond acceptors (Lipinski definition) is 4. The van der Waals surface area contributed by atoms with Crippen LogP contribution in [0.15, 0.2) is 52.0 Å². The number of aliphatic hydroxyl groups excluding tert-OH is 1. The van der Waals surface area contributed by atoms with E-state index in [9.17, 15) is 17.9 Å². The molecule has 0 unspecified atom stereocenters. The molecule has 0 radical (unpaired) electrons. The van der Waals surface area contributed by atoms with E-state index in [4.69, 9.17) is 11.6 Å². The zero-order chi connectivity index (χ0) is 21.5. The van der Waals surface area contributed by atoms with E-state index in [1.54, 1.807) is 24.4 Å². The van der Waals surface area contributed by atoms with E-state index >= 15 is 0 Å². The number of nitrogens with one attached hydrogen (secondary N) is 1. The van der Waals surface area contributed by atoms with Crippen molar-refractivity contribution in [2.24, 2.45) is 0 Å². The van der Waals surface area contributed by atoms with Gasteiger partial charge in [-0.15, -0.1) is 0 Å². The van der Waals surface area contributed by atoms with Gasteiger partial charge in [0.25, 0.3) is 0 Å². The number of imidazole rings is 1. The summed E-state index contributed by atoms with van der Waals surface area (Å²) in [6.07, 6.45) is 1.93. The van der Waals surface area contributed by atoms with Gasteiger partial charge >= 0.3 is 0 Å². The summed E-state index contributed by atoms with van der Waals surface area (Å²) < 4.78 is 41.7. The van der Waals surface area contributed by atoms with Gasteiger partial charge in [0.05, 0.1) is 21.3 Å². The minimum Gasteiger partial charge on any atom is -0.393 e. The SMILES string of the molecule is O=S(=O)(c1cc(-c2nc(-c3ccc(Br)c(F)c3)c[nH]2)ccc1Cl)N1CCC(O)CC1. The zero-order valence-corrected chi connectivity index (χ0v) is 18.8. The second-order valence-electron chi connectivity index (χ2n) is 7.04. The molecule has 1 aliphatic heterocycles. The first kappa shape index (κ1) is 21.5. The number of H-pyrrole nitrogens is 1. The largest absolute Gasteiger partial charge is 0.393 e. The number of piperidine rings is 1. The second kappa shape index (κ2) is 8.39. The second-order valence-corrected chi connectivity index (χ2v) is 10.2. The van der Waals surface area contributed by atoms with E-state index in [-0.39, 0.29) is 23.0 Å². The highest BCUT2D eigenvalue weighted by Gasteiger charge is 2.30. The third kappa shape index (κ3) is 4.17. The number of aromatic amines is 1. The fourth-order valence-corrected chi connectivity index (χ4v) is 5.56. The predicted octanol–water partition coefficient (Wildman–Crippen LogP) is 4.44. The summed E-state index contributed by atoms with van der Waals surface area (Å²) in [4.78, 5) is 7.47. The normalized spacial score (nSPS) is 16.1. The molecule has 3 aromatic rings. The standard InChI is InChI=1S/C20H18BrClFN3O3S/c21-15-3-1-12(9-17(15)23)18-11-24-20(25-18)13-2-4-16(22)19(10-13)30(28,29)26-7-5-14(27)6-8-26/h1-4,9-11,14,27H,5-8H2,(H,24,25). The van der Waals surface area contributed by atoms with Crippen LogP contribution in [0.5, 0.6) is 0 Å². The van der Waals surface area contributed by atoms with Gasteiger partial charge in [-0.3, -0.25) is 0 Å². The number of aromatic nitrogens is 2. The lowest BCUT2D eigenvalue weighted by molar-refractivity contribution is 0.113. The van der Waals surface area contributed by atoms with Crippen LogP contribution in [0.4, 0.5) is 4.39 Å². The molecule has 4 rings (SSSR count). The highest BCUT2D eigenvalue weighted by atomic mass is 79.9. The van der Waals surface area contributed by atoms with E-state index in [1.807, 2.05) is 0 Å². The van der Waals surface area contributed by atoms with E-state index in [1.165, 1.54) is 22.5 Å². The number of halogens is 3. The van der Waals surface area contributed by atoms with Crippen molar-refractivity contribution in [3.05, 3.63) is 57.9 Å². The molecule has 0 aliphatic carbocycles.